The van der Waals surface area contributed by atoms with Gasteiger partial charge in [0.25, 0.3) is 0 Å². The minimum atomic E-state index is 0.170. The van der Waals surface area contributed by atoms with Gasteiger partial charge in [0, 0.05) is 19.1 Å². The summed E-state index contributed by atoms with van der Waals surface area (Å²) in [6, 6.07) is 0.716. The maximum atomic E-state index is 11.7. The summed E-state index contributed by atoms with van der Waals surface area (Å²) >= 11 is 0. The molecule has 15 heavy (non-hydrogen) atoms. The van der Waals surface area contributed by atoms with Crippen LogP contribution in [-0.2, 0) is 4.79 Å². The van der Waals surface area contributed by atoms with Crippen molar-refractivity contribution >= 4 is 5.91 Å². The number of nitrogens with zero attached hydrogens (tertiary/aromatic N) is 1. The topological polar surface area (TPSA) is 32.3 Å². The number of carbonyl (C=O) groups excluding carboxylic acids is 1. The van der Waals surface area contributed by atoms with Gasteiger partial charge in [-0.2, -0.15) is 0 Å². The van der Waals surface area contributed by atoms with E-state index in [1.165, 1.54) is 0 Å². The van der Waals surface area contributed by atoms with Gasteiger partial charge in [-0.05, 0) is 26.2 Å². The summed E-state index contributed by atoms with van der Waals surface area (Å²) in [6.07, 6.45) is 1.07. The lowest BCUT2D eigenvalue weighted by Crippen LogP contribution is -2.43. The van der Waals surface area contributed by atoms with Crippen LogP contribution in [0.3, 0.4) is 0 Å². The molecule has 0 heterocycles. The normalized spacial score (nSPS) is 13.3. The number of amides is 1. The summed E-state index contributed by atoms with van der Waals surface area (Å²) in [6.45, 7) is 11.0. The van der Waals surface area contributed by atoms with Crippen LogP contribution >= 0.6 is 0 Å². The zero-order chi connectivity index (χ0) is 12.0. The van der Waals surface area contributed by atoms with Crippen molar-refractivity contribution < 1.29 is 4.79 Å². The van der Waals surface area contributed by atoms with Crippen LogP contribution in [0.4, 0.5) is 0 Å². The van der Waals surface area contributed by atoms with Crippen molar-refractivity contribution in [3.05, 3.63) is 0 Å². The van der Waals surface area contributed by atoms with Crippen LogP contribution < -0.4 is 5.32 Å². The molecule has 0 aromatic rings. The van der Waals surface area contributed by atoms with Gasteiger partial charge < -0.3 is 10.2 Å². The fourth-order valence-corrected chi connectivity index (χ4v) is 1.48. The highest BCUT2D eigenvalue weighted by molar-refractivity contribution is 5.78. The second kappa shape index (κ2) is 6.83. The lowest BCUT2D eigenvalue weighted by atomic mass is 10.0. The van der Waals surface area contributed by atoms with E-state index in [2.05, 4.69) is 26.1 Å². The van der Waals surface area contributed by atoms with Gasteiger partial charge in [0.15, 0.2) is 0 Å². The van der Waals surface area contributed by atoms with E-state index >= 15 is 0 Å². The summed E-state index contributed by atoms with van der Waals surface area (Å²) in [5, 5.41) is 3.31. The molecule has 0 rings (SSSR count). The number of carbonyl (C=O) groups is 1. The molecule has 0 fully saturated rings. The summed E-state index contributed by atoms with van der Waals surface area (Å²) in [7, 11) is 1.85. The molecule has 0 aliphatic carbocycles. The Hall–Kier alpha value is -0.570. The van der Waals surface area contributed by atoms with Gasteiger partial charge in [-0.25, -0.2) is 0 Å². The third-order valence-corrected chi connectivity index (χ3v) is 2.93. The minimum absolute atomic E-state index is 0.170. The highest BCUT2D eigenvalue weighted by Crippen LogP contribution is 2.05. The van der Waals surface area contributed by atoms with Crippen molar-refractivity contribution in [3.63, 3.8) is 0 Å². The predicted molar refractivity (Wildman–Crippen MR) is 64.8 cm³/mol. The Bertz CT molecular complexity index is 190. The van der Waals surface area contributed by atoms with E-state index < -0.39 is 0 Å². The summed E-state index contributed by atoms with van der Waals surface area (Å²) in [4.78, 5) is 13.5. The second-order valence-electron chi connectivity index (χ2n) is 4.74. The average Bonchev–Trinajstić information content (AvgIpc) is 2.16. The third kappa shape index (κ3) is 5.17. The monoisotopic (exact) mass is 214 g/mol. The van der Waals surface area contributed by atoms with Gasteiger partial charge in [0.1, 0.15) is 0 Å². The first-order valence-corrected chi connectivity index (χ1v) is 5.89. The highest BCUT2D eigenvalue weighted by atomic mass is 16.2. The standard InChI is InChI=1S/C12H26N2O/c1-7-11(9(2)3)13-8-12(15)14(6)10(4)5/h9-11,13H,7-8H2,1-6H3. The molecule has 0 bridgehead atoms. The van der Waals surface area contributed by atoms with Crippen molar-refractivity contribution in [2.75, 3.05) is 13.6 Å². The van der Waals surface area contributed by atoms with Gasteiger partial charge >= 0.3 is 0 Å². The molecule has 1 unspecified atom stereocenters. The van der Waals surface area contributed by atoms with Gasteiger partial charge in [0.2, 0.25) is 5.91 Å². The summed E-state index contributed by atoms with van der Waals surface area (Å²) < 4.78 is 0. The van der Waals surface area contributed by atoms with E-state index in [4.69, 9.17) is 0 Å². The zero-order valence-electron chi connectivity index (χ0n) is 11.0. The first-order valence-electron chi connectivity index (χ1n) is 5.89. The Morgan fingerprint density at radius 2 is 1.80 bits per heavy atom. The predicted octanol–water partition coefficient (Wildman–Crippen LogP) is 1.88. The lowest BCUT2D eigenvalue weighted by Gasteiger charge is -2.25. The average molecular weight is 214 g/mol. The Labute approximate surface area is 94.2 Å². The Kier molecular flexibility index (Phi) is 6.57. The van der Waals surface area contributed by atoms with E-state index in [0.717, 1.165) is 6.42 Å². The van der Waals surface area contributed by atoms with Crippen LogP contribution in [0.1, 0.15) is 41.0 Å². The first-order chi connectivity index (χ1) is 6.90. The van der Waals surface area contributed by atoms with Crippen LogP contribution in [-0.4, -0.2) is 36.5 Å². The van der Waals surface area contributed by atoms with Crippen LogP contribution in [0, 0.1) is 5.92 Å². The Morgan fingerprint density at radius 1 is 1.27 bits per heavy atom. The Balaban J connectivity index is 3.98. The zero-order valence-corrected chi connectivity index (χ0v) is 11.0. The number of likely N-dealkylation sites (N-methyl/N-ethyl adjacent to an activating group) is 1. The van der Waals surface area contributed by atoms with Gasteiger partial charge in [-0.15, -0.1) is 0 Å². The summed E-state index contributed by atoms with van der Waals surface area (Å²) in [5.41, 5.74) is 0. The van der Waals surface area contributed by atoms with Gasteiger partial charge in [-0.3, -0.25) is 4.79 Å². The maximum absolute atomic E-state index is 11.7. The van der Waals surface area contributed by atoms with E-state index in [-0.39, 0.29) is 11.9 Å². The van der Waals surface area contributed by atoms with Crippen molar-refractivity contribution in [2.24, 2.45) is 5.92 Å². The molecule has 0 aromatic carbocycles. The first kappa shape index (κ1) is 14.4. The molecule has 0 aromatic heterocycles. The smallest absolute Gasteiger partial charge is 0.236 e. The molecule has 0 saturated heterocycles. The number of rotatable bonds is 6. The molecule has 0 spiro atoms. The maximum Gasteiger partial charge on any atom is 0.236 e. The number of hydrogen-bond acceptors (Lipinski definition) is 2. The molecule has 0 aliphatic rings. The Morgan fingerprint density at radius 3 is 2.13 bits per heavy atom. The van der Waals surface area contributed by atoms with E-state index in [1.54, 1.807) is 4.90 Å². The van der Waals surface area contributed by atoms with E-state index in [0.29, 0.717) is 18.5 Å². The van der Waals surface area contributed by atoms with Crippen molar-refractivity contribution in [3.8, 4) is 0 Å². The lowest BCUT2D eigenvalue weighted by molar-refractivity contribution is -0.130. The van der Waals surface area contributed by atoms with Gasteiger partial charge in [-0.1, -0.05) is 20.8 Å². The molecule has 1 amide bonds. The third-order valence-electron chi connectivity index (χ3n) is 2.93. The van der Waals surface area contributed by atoms with Crippen molar-refractivity contribution in [2.45, 2.75) is 53.1 Å². The molecule has 1 atom stereocenters. The largest absolute Gasteiger partial charge is 0.342 e. The molecular formula is C12H26N2O. The highest BCUT2D eigenvalue weighted by Gasteiger charge is 2.15. The van der Waals surface area contributed by atoms with E-state index in [9.17, 15) is 4.79 Å². The van der Waals surface area contributed by atoms with Crippen LogP contribution in [0.2, 0.25) is 0 Å². The molecule has 0 aliphatic heterocycles. The quantitative estimate of drug-likeness (QED) is 0.732. The molecule has 0 saturated carbocycles. The van der Waals surface area contributed by atoms with Crippen molar-refractivity contribution in [1.29, 1.82) is 0 Å². The number of nitrogens with one attached hydrogen (secondary N) is 1. The molecule has 0 radical (unpaired) electrons. The van der Waals surface area contributed by atoms with Crippen LogP contribution in [0.25, 0.3) is 0 Å². The fraction of sp³-hybridized carbons (Fsp3) is 0.917. The van der Waals surface area contributed by atoms with Crippen molar-refractivity contribution in [1.82, 2.24) is 10.2 Å². The molecule has 3 nitrogen and oxygen atoms in total. The molecule has 1 N–H and O–H groups in total. The number of hydrogen-bond donors (Lipinski definition) is 1. The van der Waals surface area contributed by atoms with Crippen LogP contribution in [0.5, 0.6) is 0 Å². The fourth-order valence-electron chi connectivity index (χ4n) is 1.48. The minimum Gasteiger partial charge on any atom is -0.342 e. The van der Waals surface area contributed by atoms with Crippen LogP contribution in [0.15, 0.2) is 0 Å². The molecule has 3 heteroatoms. The molecular weight excluding hydrogens is 188 g/mol. The molecule has 90 valence electrons. The SMILES string of the molecule is CCC(NCC(=O)N(C)C(C)C)C(C)C. The second-order valence-corrected chi connectivity index (χ2v) is 4.74. The van der Waals surface area contributed by atoms with E-state index in [1.807, 2.05) is 20.9 Å². The van der Waals surface area contributed by atoms with Gasteiger partial charge in [0.05, 0.1) is 6.54 Å². The summed E-state index contributed by atoms with van der Waals surface area (Å²) in [5.74, 6) is 0.747.